The Balaban J connectivity index is 1.48. The van der Waals surface area contributed by atoms with E-state index in [-0.39, 0.29) is 17.2 Å². The fraction of sp³-hybridized carbons (Fsp3) is 0.174. The second-order valence-electron chi connectivity index (χ2n) is 7.33. The van der Waals surface area contributed by atoms with E-state index in [2.05, 4.69) is 10.4 Å². The van der Waals surface area contributed by atoms with Crippen LogP contribution in [0.3, 0.4) is 0 Å². The fourth-order valence-electron chi connectivity index (χ4n) is 3.36. The molecule has 10 heteroatoms. The molecule has 1 atom stereocenters. The highest BCUT2D eigenvalue weighted by Crippen LogP contribution is 2.39. The van der Waals surface area contributed by atoms with Gasteiger partial charge in [0.25, 0.3) is 0 Å². The van der Waals surface area contributed by atoms with Gasteiger partial charge in [0.2, 0.25) is 5.12 Å². The van der Waals surface area contributed by atoms with E-state index in [1.54, 1.807) is 36.3 Å². The van der Waals surface area contributed by atoms with Gasteiger partial charge in [-0.25, -0.2) is 9.38 Å². The summed E-state index contributed by atoms with van der Waals surface area (Å²) in [5.41, 5.74) is 3.71. The second kappa shape index (κ2) is 8.85. The summed E-state index contributed by atoms with van der Waals surface area (Å²) in [6.45, 7) is 0.163. The summed E-state index contributed by atoms with van der Waals surface area (Å²) in [4.78, 5) is 4.46. The predicted octanol–water partition coefficient (Wildman–Crippen LogP) is 6.32. The van der Waals surface area contributed by atoms with Crippen molar-refractivity contribution in [1.82, 2.24) is 10.4 Å². The van der Waals surface area contributed by atoms with Crippen molar-refractivity contribution in [3.63, 3.8) is 0 Å². The van der Waals surface area contributed by atoms with Crippen molar-refractivity contribution in [2.75, 3.05) is 7.05 Å². The van der Waals surface area contributed by atoms with Gasteiger partial charge in [-0.1, -0.05) is 53.5 Å². The van der Waals surface area contributed by atoms with Gasteiger partial charge in [-0.3, -0.25) is 5.01 Å². The molecule has 172 valence electrons. The number of nitrogens with zero attached hydrogens (tertiary/aromatic N) is 2. The molecule has 0 radical (unpaired) electrons. The molecule has 3 aromatic rings. The Hall–Kier alpha value is -2.81. The maximum absolute atomic E-state index is 14.4. The van der Waals surface area contributed by atoms with Crippen molar-refractivity contribution in [1.29, 1.82) is 0 Å². The van der Waals surface area contributed by atoms with E-state index in [0.29, 0.717) is 17.1 Å². The first-order valence-electron chi connectivity index (χ1n) is 9.71. The Labute approximate surface area is 197 Å². The zero-order valence-corrected chi connectivity index (χ0v) is 18.6. The Morgan fingerprint density at radius 1 is 1.03 bits per heavy atom. The van der Waals surface area contributed by atoms with E-state index in [4.69, 9.17) is 27.9 Å². The van der Waals surface area contributed by atoms with Gasteiger partial charge in [0, 0.05) is 12.6 Å². The molecule has 1 aliphatic rings. The topological polar surface area (TPSA) is 36.9 Å². The maximum Gasteiger partial charge on any atom is 0.416 e. The van der Waals surface area contributed by atoms with Crippen molar-refractivity contribution in [2.45, 2.75) is 17.9 Å². The van der Waals surface area contributed by atoms with E-state index < -0.39 is 22.7 Å². The van der Waals surface area contributed by atoms with Crippen LogP contribution in [0.1, 0.15) is 22.3 Å². The average molecular weight is 498 g/mol. The number of halogens is 6. The molecule has 1 heterocycles. The summed E-state index contributed by atoms with van der Waals surface area (Å²) >= 11 is 12.7. The SMILES string of the molecule is CN1NC(Cl)(c2c(F)cccc2Cl)N=C1c1ccc(COc2ccc(C(F)(F)F)cc2)cc1. The quantitative estimate of drug-likeness (QED) is 0.254. The number of rotatable bonds is 5. The van der Waals surface area contributed by atoms with E-state index in [1.807, 2.05) is 0 Å². The summed E-state index contributed by atoms with van der Waals surface area (Å²) in [5.74, 6) is 0.212. The van der Waals surface area contributed by atoms with Crippen LogP contribution in [0.15, 0.2) is 71.7 Å². The first kappa shape index (κ1) is 23.4. The molecule has 0 bridgehead atoms. The molecule has 33 heavy (non-hydrogen) atoms. The molecular formula is C23H17Cl2F4N3O. The van der Waals surface area contributed by atoms with Crippen molar-refractivity contribution in [2.24, 2.45) is 4.99 Å². The Morgan fingerprint density at radius 2 is 1.70 bits per heavy atom. The smallest absolute Gasteiger partial charge is 0.416 e. The van der Waals surface area contributed by atoms with Gasteiger partial charge in [0.05, 0.1) is 16.1 Å². The largest absolute Gasteiger partial charge is 0.489 e. The third kappa shape index (κ3) is 4.93. The van der Waals surface area contributed by atoms with Crippen molar-refractivity contribution < 1.29 is 22.3 Å². The third-order valence-electron chi connectivity index (χ3n) is 4.99. The first-order valence-corrected chi connectivity index (χ1v) is 10.5. The second-order valence-corrected chi connectivity index (χ2v) is 8.29. The van der Waals surface area contributed by atoms with Crippen molar-refractivity contribution >= 4 is 29.0 Å². The molecule has 0 saturated carbocycles. The van der Waals surface area contributed by atoms with E-state index >= 15 is 0 Å². The summed E-state index contributed by atoms with van der Waals surface area (Å²) in [5, 5.41) is 0.118. The van der Waals surface area contributed by atoms with E-state index in [0.717, 1.165) is 17.7 Å². The van der Waals surface area contributed by atoms with Crippen molar-refractivity contribution in [3.8, 4) is 5.75 Å². The van der Waals surface area contributed by atoms with Crippen LogP contribution in [-0.4, -0.2) is 17.9 Å². The summed E-state index contributed by atoms with van der Waals surface area (Å²) in [6, 6.07) is 15.9. The molecule has 4 rings (SSSR count). The van der Waals surface area contributed by atoms with Crippen LogP contribution in [-0.2, 0) is 17.9 Å². The molecule has 1 unspecified atom stereocenters. The van der Waals surface area contributed by atoms with Crippen LogP contribution >= 0.6 is 23.2 Å². The molecule has 0 spiro atoms. The van der Waals surface area contributed by atoms with E-state index in [1.165, 1.54) is 30.3 Å². The maximum atomic E-state index is 14.4. The molecule has 1 aliphatic heterocycles. The number of hydrogen-bond donors (Lipinski definition) is 1. The molecule has 0 amide bonds. The Kier molecular flexibility index (Phi) is 6.26. The van der Waals surface area contributed by atoms with Crippen LogP contribution in [0, 0.1) is 5.82 Å². The number of hydrogen-bond acceptors (Lipinski definition) is 4. The normalized spacial score (nSPS) is 18.4. The van der Waals surface area contributed by atoms with Crippen LogP contribution in [0.5, 0.6) is 5.75 Å². The van der Waals surface area contributed by atoms with Gasteiger partial charge >= 0.3 is 6.18 Å². The fourth-order valence-corrected chi connectivity index (χ4v) is 4.11. The number of alkyl halides is 4. The van der Waals surface area contributed by atoms with Gasteiger partial charge in [-0.05, 0) is 42.0 Å². The molecule has 4 nitrogen and oxygen atoms in total. The lowest BCUT2D eigenvalue weighted by molar-refractivity contribution is -0.137. The lowest BCUT2D eigenvalue weighted by atomic mass is 10.1. The molecule has 1 N–H and O–H groups in total. The minimum absolute atomic E-state index is 0.0248. The first-order chi connectivity index (χ1) is 15.6. The van der Waals surface area contributed by atoms with Crippen LogP contribution in [0.2, 0.25) is 5.02 Å². The number of nitrogens with one attached hydrogen (secondary N) is 1. The highest BCUT2D eigenvalue weighted by molar-refractivity contribution is 6.33. The Morgan fingerprint density at radius 3 is 2.30 bits per heavy atom. The number of ether oxygens (including phenoxy) is 1. The number of hydrazine groups is 1. The molecule has 0 aromatic heterocycles. The number of aliphatic imine (C=N–C) groups is 1. The molecule has 0 fully saturated rings. The van der Waals surface area contributed by atoms with Gasteiger partial charge in [0.1, 0.15) is 24.0 Å². The lowest BCUT2D eigenvalue weighted by Crippen LogP contribution is -2.42. The molecule has 0 saturated heterocycles. The standard InChI is InChI=1S/C23H17Cl2F4N3O/c1-32-21(30-22(25,31-32)20-18(24)3-2-4-19(20)26)15-7-5-14(6-8-15)13-33-17-11-9-16(10-12-17)23(27,28)29/h2-12,31H,13H2,1H3. The molecule has 3 aromatic carbocycles. The number of benzene rings is 3. The highest BCUT2D eigenvalue weighted by atomic mass is 35.5. The van der Waals surface area contributed by atoms with E-state index in [9.17, 15) is 17.6 Å². The average Bonchev–Trinajstić information content (AvgIpc) is 3.07. The predicted molar refractivity (Wildman–Crippen MR) is 119 cm³/mol. The zero-order chi connectivity index (χ0) is 23.8. The monoisotopic (exact) mass is 497 g/mol. The minimum atomic E-state index is -4.39. The van der Waals surface area contributed by atoms with Gasteiger partial charge in [-0.2, -0.15) is 18.6 Å². The van der Waals surface area contributed by atoms with Crippen LogP contribution in [0.25, 0.3) is 0 Å². The lowest BCUT2D eigenvalue weighted by Gasteiger charge is -2.23. The van der Waals surface area contributed by atoms with Crippen LogP contribution in [0.4, 0.5) is 17.6 Å². The van der Waals surface area contributed by atoms with Gasteiger partial charge < -0.3 is 4.74 Å². The summed E-state index contributed by atoms with van der Waals surface area (Å²) in [6.07, 6.45) is -4.39. The highest BCUT2D eigenvalue weighted by Gasteiger charge is 2.41. The molecule has 0 aliphatic carbocycles. The van der Waals surface area contributed by atoms with Crippen molar-refractivity contribution in [3.05, 3.63) is 99.8 Å². The van der Waals surface area contributed by atoms with Crippen LogP contribution < -0.4 is 10.2 Å². The Bertz CT molecular complexity index is 1160. The zero-order valence-electron chi connectivity index (χ0n) is 17.1. The minimum Gasteiger partial charge on any atom is -0.489 e. The summed E-state index contributed by atoms with van der Waals surface area (Å²) in [7, 11) is 1.69. The number of amidine groups is 1. The third-order valence-corrected chi connectivity index (χ3v) is 5.66. The van der Waals surface area contributed by atoms with Gasteiger partial charge in [-0.15, -0.1) is 0 Å². The van der Waals surface area contributed by atoms with Gasteiger partial charge in [0.15, 0.2) is 0 Å². The summed E-state index contributed by atoms with van der Waals surface area (Å²) < 4.78 is 57.9. The molecular weight excluding hydrogens is 481 g/mol.